The van der Waals surface area contributed by atoms with Crippen LogP contribution in [0.4, 0.5) is 0 Å². The van der Waals surface area contributed by atoms with Crippen molar-refractivity contribution in [1.82, 2.24) is 10.2 Å². The van der Waals surface area contributed by atoms with Crippen LogP contribution < -0.4 is 5.32 Å². The van der Waals surface area contributed by atoms with E-state index >= 15 is 0 Å². The standard InChI is InChI=1S/C24H27BrCl2N2O2/c1-16(24(31)28-21-8-3-2-4-9-21)29(15-17-6-5-7-19(25)12-17)23(30)13-18-10-11-20(26)14-22(18)27/h5-7,10-12,14,16,21H,2-4,8-9,13,15H2,1H3,(H,28,31)/t16-/m0/s1. The summed E-state index contributed by atoms with van der Waals surface area (Å²) >= 11 is 15.8. The third-order valence-electron chi connectivity index (χ3n) is 5.72. The van der Waals surface area contributed by atoms with Crippen LogP contribution in [0.1, 0.15) is 50.2 Å². The average Bonchev–Trinajstić information content (AvgIpc) is 2.74. The topological polar surface area (TPSA) is 49.4 Å². The van der Waals surface area contributed by atoms with E-state index in [4.69, 9.17) is 23.2 Å². The summed E-state index contributed by atoms with van der Waals surface area (Å²) in [4.78, 5) is 28.0. The van der Waals surface area contributed by atoms with E-state index in [0.717, 1.165) is 35.7 Å². The minimum absolute atomic E-state index is 0.102. The van der Waals surface area contributed by atoms with Gasteiger partial charge in [-0.3, -0.25) is 9.59 Å². The Morgan fingerprint density at radius 2 is 1.87 bits per heavy atom. The molecule has 2 amide bonds. The van der Waals surface area contributed by atoms with Crippen molar-refractivity contribution in [3.8, 4) is 0 Å². The number of benzene rings is 2. The van der Waals surface area contributed by atoms with Crippen molar-refractivity contribution in [2.45, 2.75) is 64.1 Å². The van der Waals surface area contributed by atoms with E-state index in [-0.39, 0.29) is 24.3 Å². The van der Waals surface area contributed by atoms with Crippen LogP contribution in [0.25, 0.3) is 0 Å². The summed E-state index contributed by atoms with van der Waals surface area (Å²) in [5.41, 5.74) is 1.64. The number of amides is 2. The Balaban J connectivity index is 1.78. The summed E-state index contributed by atoms with van der Waals surface area (Å²) in [6, 6.07) is 12.5. The van der Waals surface area contributed by atoms with Crippen LogP contribution in [0.5, 0.6) is 0 Å². The molecule has 1 aliphatic rings. The highest BCUT2D eigenvalue weighted by atomic mass is 79.9. The SMILES string of the molecule is C[C@@H](C(=O)NC1CCCCC1)N(Cc1cccc(Br)c1)C(=O)Cc1ccc(Cl)cc1Cl. The molecule has 1 atom stereocenters. The number of nitrogens with zero attached hydrogens (tertiary/aromatic N) is 1. The zero-order chi connectivity index (χ0) is 22.4. The molecule has 2 aromatic carbocycles. The van der Waals surface area contributed by atoms with Crippen molar-refractivity contribution in [3.63, 3.8) is 0 Å². The lowest BCUT2D eigenvalue weighted by Crippen LogP contribution is -2.50. The Morgan fingerprint density at radius 3 is 2.55 bits per heavy atom. The number of halogens is 3. The Hall–Kier alpha value is -1.56. The van der Waals surface area contributed by atoms with Gasteiger partial charge in [-0.2, -0.15) is 0 Å². The van der Waals surface area contributed by atoms with Gasteiger partial charge in [0.1, 0.15) is 6.04 Å². The minimum atomic E-state index is -0.598. The Bertz CT molecular complexity index is 932. The predicted octanol–water partition coefficient (Wildman–Crippen LogP) is 6.16. The molecule has 1 N–H and O–H groups in total. The molecule has 1 fully saturated rings. The number of hydrogen-bond donors (Lipinski definition) is 1. The number of carbonyl (C=O) groups is 2. The molecule has 0 heterocycles. The second-order valence-corrected chi connectivity index (χ2v) is 9.84. The lowest BCUT2D eigenvalue weighted by atomic mass is 9.95. The molecule has 0 bridgehead atoms. The predicted molar refractivity (Wildman–Crippen MR) is 129 cm³/mol. The molecule has 2 aromatic rings. The minimum Gasteiger partial charge on any atom is -0.352 e. The zero-order valence-electron chi connectivity index (χ0n) is 17.5. The van der Waals surface area contributed by atoms with Gasteiger partial charge in [0.05, 0.1) is 6.42 Å². The summed E-state index contributed by atoms with van der Waals surface area (Å²) in [6.07, 6.45) is 5.59. The highest BCUT2D eigenvalue weighted by molar-refractivity contribution is 9.10. The zero-order valence-corrected chi connectivity index (χ0v) is 20.6. The van der Waals surface area contributed by atoms with Gasteiger partial charge in [-0.15, -0.1) is 0 Å². The summed E-state index contributed by atoms with van der Waals surface area (Å²) < 4.78 is 0.928. The van der Waals surface area contributed by atoms with Crippen molar-refractivity contribution in [1.29, 1.82) is 0 Å². The molecule has 0 saturated heterocycles. The third kappa shape index (κ3) is 6.96. The molecular weight excluding hydrogens is 499 g/mol. The summed E-state index contributed by atoms with van der Waals surface area (Å²) in [5, 5.41) is 4.12. The quantitative estimate of drug-likeness (QED) is 0.470. The molecule has 1 aliphatic carbocycles. The summed E-state index contributed by atoms with van der Waals surface area (Å²) in [5.74, 6) is -0.270. The van der Waals surface area contributed by atoms with Crippen LogP contribution in [-0.2, 0) is 22.6 Å². The summed E-state index contributed by atoms with van der Waals surface area (Å²) in [6.45, 7) is 2.13. The molecule has 7 heteroatoms. The van der Waals surface area contributed by atoms with Gasteiger partial charge in [-0.25, -0.2) is 0 Å². The normalized spacial score (nSPS) is 15.4. The van der Waals surface area contributed by atoms with Crippen molar-refractivity contribution in [3.05, 3.63) is 68.1 Å². The van der Waals surface area contributed by atoms with Gasteiger partial charge in [0, 0.05) is 27.1 Å². The van der Waals surface area contributed by atoms with Gasteiger partial charge in [0.2, 0.25) is 11.8 Å². The van der Waals surface area contributed by atoms with E-state index in [2.05, 4.69) is 21.2 Å². The molecule has 0 aromatic heterocycles. The molecule has 0 radical (unpaired) electrons. The second kappa shape index (κ2) is 11.3. The van der Waals surface area contributed by atoms with E-state index in [1.807, 2.05) is 24.3 Å². The maximum Gasteiger partial charge on any atom is 0.242 e. The molecule has 0 unspecified atom stereocenters. The van der Waals surface area contributed by atoms with E-state index in [9.17, 15) is 9.59 Å². The lowest BCUT2D eigenvalue weighted by molar-refractivity contribution is -0.140. The molecular formula is C24H27BrCl2N2O2. The molecule has 0 aliphatic heterocycles. The molecule has 3 rings (SSSR count). The van der Waals surface area contributed by atoms with Gasteiger partial charge < -0.3 is 10.2 Å². The van der Waals surface area contributed by atoms with Crippen LogP contribution in [0.15, 0.2) is 46.9 Å². The molecule has 1 saturated carbocycles. The molecule has 31 heavy (non-hydrogen) atoms. The fourth-order valence-electron chi connectivity index (χ4n) is 3.91. The van der Waals surface area contributed by atoms with E-state index in [1.54, 1.807) is 30.0 Å². The number of rotatable bonds is 7. The van der Waals surface area contributed by atoms with Gasteiger partial charge in [0.25, 0.3) is 0 Å². The van der Waals surface area contributed by atoms with Crippen LogP contribution in [0, 0.1) is 0 Å². The first-order chi connectivity index (χ1) is 14.8. The molecule has 166 valence electrons. The van der Waals surface area contributed by atoms with Crippen molar-refractivity contribution >= 4 is 50.9 Å². The first kappa shape index (κ1) is 24.1. The van der Waals surface area contributed by atoms with E-state index < -0.39 is 6.04 Å². The first-order valence-corrected chi connectivity index (χ1v) is 12.2. The second-order valence-electron chi connectivity index (χ2n) is 8.08. The largest absolute Gasteiger partial charge is 0.352 e. The monoisotopic (exact) mass is 524 g/mol. The van der Waals surface area contributed by atoms with Gasteiger partial charge in [-0.1, -0.05) is 76.6 Å². The smallest absolute Gasteiger partial charge is 0.242 e. The summed E-state index contributed by atoms with van der Waals surface area (Å²) in [7, 11) is 0. The van der Waals surface area contributed by atoms with Crippen molar-refractivity contribution in [2.24, 2.45) is 0 Å². The fraction of sp³-hybridized carbons (Fsp3) is 0.417. The number of carbonyl (C=O) groups excluding carboxylic acids is 2. The number of nitrogens with one attached hydrogen (secondary N) is 1. The number of hydrogen-bond acceptors (Lipinski definition) is 2. The maximum atomic E-state index is 13.3. The first-order valence-electron chi connectivity index (χ1n) is 10.6. The van der Waals surface area contributed by atoms with E-state index in [0.29, 0.717) is 22.2 Å². The van der Waals surface area contributed by atoms with Gasteiger partial charge >= 0.3 is 0 Å². The Labute approximate surface area is 202 Å². The van der Waals surface area contributed by atoms with Crippen molar-refractivity contribution in [2.75, 3.05) is 0 Å². The van der Waals surface area contributed by atoms with Gasteiger partial charge in [0.15, 0.2) is 0 Å². The highest BCUT2D eigenvalue weighted by Gasteiger charge is 2.28. The van der Waals surface area contributed by atoms with E-state index in [1.165, 1.54) is 6.42 Å². The van der Waals surface area contributed by atoms with Crippen LogP contribution in [-0.4, -0.2) is 28.8 Å². The van der Waals surface area contributed by atoms with Crippen molar-refractivity contribution < 1.29 is 9.59 Å². The van der Waals surface area contributed by atoms with Gasteiger partial charge in [-0.05, 0) is 55.2 Å². The van der Waals surface area contributed by atoms with Crippen LogP contribution >= 0.6 is 39.1 Å². The lowest BCUT2D eigenvalue weighted by Gasteiger charge is -2.31. The Kier molecular flexibility index (Phi) is 8.82. The fourth-order valence-corrected chi connectivity index (χ4v) is 4.83. The highest BCUT2D eigenvalue weighted by Crippen LogP contribution is 2.23. The molecule has 4 nitrogen and oxygen atoms in total. The van der Waals surface area contributed by atoms with Crippen LogP contribution in [0.3, 0.4) is 0 Å². The average molecular weight is 526 g/mol. The Morgan fingerprint density at radius 1 is 1.13 bits per heavy atom. The molecule has 0 spiro atoms. The maximum absolute atomic E-state index is 13.3. The third-order valence-corrected chi connectivity index (χ3v) is 6.80. The van der Waals surface area contributed by atoms with Crippen LogP contribution in [0.2, 0.25) is 10.0 Å².